The Morgan fingerprint density at radius 3 is 2.75 bits per heavy atom. The number of nitrogens with one attached hydrogen (secondary N) is 1. The molecule has 0 aliphatic carbocycles. The maximum atomic E-state index is 12.6. The number of ether oxygens (including phenoxy) is 1. The molecule has 0 amide bonds. The van der Waals surface area contributed by atoms with E-state index in [1.807, 2.05) is 0 Å². The first-order valence-corrected chi connectivity index (χ1v) is 6.10. The monoisotopic (exact) mass is 304 g/mol. The van der Waals surface area contributed by atoms with Crippen LogP contribution in [0.15, 0.2) is 18.2 Å². The van der Waals surface area contributed by atoms with Gasteiger partial charge in [-0.3, -0.25) is 4.79 Å². The SMILES string of the molecule is COC(=O)CCn1c(=S)[nH]c2cc(C(F)(F)F)ccc21. The minimum absolute atomic E-state index is 0.0960. The zero-order valence-corrected chi connectivity index (χ0v) is 11.3. The number of alkyl halides is 3. The van der Waals surface area contributed by atoms with Gasteiger partial charge in [0.15, 0.2) is 4.77 Å². The van der Waals surface area contributed by atoms with Crippen molar-refractivity contribution in [3.63, 3.8) is 0 Å². The molecular formula is C12H11F3N2O2S. The van der Waals surface area contributed by atoms with Crippen LogP contribution in [0.3, 0.4) is 0 Å². The standard InChI is InChI=1S/C12H11F3N2O2S/c1-19-10(18)4-5-17-9-3-2-7(12(13,14)15)6-8(9)16-11(17)20/h2-3,6H,4-5H2,1H3,(H,16,20). The molecule has 0 atom stereocenters. The number of benzene rings is 1. The van der Waals surface area contributed by atoms with Gasteiger partial charge in [-0.1, -0.05) is 0 Å². The average Bonchev–Trinajstić information content (AvgIpc) is 2.69. The highest BCUT2D eigenvalue weighted by Crippen LogP contribution is 2.31. The van der Waals surface area contributed by atoms with Crippen molar-refractivity contribution in [1.29, 1.82) is 0 Å². The molecule has 0 saturated carbocycles. The van der Waals surface area contributed by atoms with Crippen molar-refractivity contribution in [3.8, 4) is 0 Å². The van der Waals surface area contributed by atoms with Gasteiger partial charge in [0, 0.05) is 6.54 Å². The molecule has 8 heteroatoms. The summed E-state index contributed by atoms with van der Waals surface area (Å²) in [6.07, 6.45) is -4.31. The molecule has 0 radical (unpaired) electrons. The molecule has 0 spiro atoms. The van der Waals surface area contributed by atoms with Crippen LogP contribution in [0.4, 0.5) is 13.2 Å². The molecule has 0 bridgehead atoms. The van der Waals surface area contributed by atoms with E-state index in [4.69, 9.17) is 12.2 Å². The smallest absolute Gasteiger partial charge is 0.416 e. The minimum atomic E-state index is -4.40. The third kappa shape index (κ3) is 2.84. The van der Waals surface area contributed by atoms with E-state index >= 15 is 0 Å². The molecule has 1 aromatic heterocycles. The van der Waals surface area contributed by atoms with Crippen molar-refractivity contribution in [2.45, 2.75) is 19.1 Å². The lowest BCUT2D eigenvalue weighted by atomic mass is 10.2. The van der Waals surface area contributed by atoms with Crippen molar-refractivity contribution in [1.82, 2.24) is 9.55 Å². The van der Waals surface area contributed by atoms with E-state index in [1.165, 1.54) is 13.2 Å². The van der Waals surface area contributed by atoms with Crippen molar-refractivity contribution in [2.75, 3.05) is 7.11 Å². The third-order valence-corrected chi connectivity index (χ3v) is 3.19. The molecule has 0 saturated heterocycles. The fraction of sp³-hybridized carbons (Fsp3) is 0.333. The van der Waals surface area contributed by atoms with Gasteiger partial charge in [-0.05, 0) is 30.4 Å². The van der Waals surface area contributed by atoms with Crippen molar-refractivity contribution in [3.05, 3.63) is 28.5 Å². The first-order chi connectivity index (χ1) is 9.32. The van der Waals surface area contributed by atoms with Gasteiger partial charge in [0.25, 0.3) is 0 Å². The Labute approximate surface area is 117 Å². The summed E-state index contributed by atoms with van der Waals surface area (Å²) < 4.78 is 44.2. The number of hydrogen-bond donors (Lipinski definition) is 1. The number of aromatic nitrogens is 2. The molecule has 0 unspecified atom stereocenters. The summed E-state index contributed by atoms with van der Waals surface area (Å²) in [5.41, 5.74) is 0.0583. The Kier molecular flexibility index (Phi) is 3.85. The van der Waals surface area contributed by atoms with Gasteiger partial charge in [-0.25, -0.2) is 0 Å². The van der Waals surface area contributed by atoms with E-state index in [-0.39, 0.29) is 23.3 Å². The number of carbonyl (C=O) groups is 1. The highest BCUT2D eigenvalue weighted by Gasteiger charge is 2.30. The fourth-order valence-electron chi connectivity index (χ4n) is 1.87. The first kappa shape index (κ1) is 14.6. The summed E-state index contributed by atoms with van der Waals surface area (Å²) in [5, 5.41) is 0. The Morgan fingerprint density at radius 1 is 1.45 bits per heavy atom. The lowest BCUT2D eigenvalue weighted by molar-refractivity contribution is -0.141. The van der Waals surface area contributed by atoms with Crippen LogP contribution in [0.5, 0.6) is 0 Å². The maximum Gasteiger partial charge on any atom is 0.416 e. The number of rotatable bonds is 3. The molecule has 108 valence electrons. The number of carbonyl (C=O) groups excluding carboxylic acids is 1. The second kappa shape index (κ2) is 5.28. The molecular weight excluding hydrogens is 293 g/mol. The van der Waals surface area contributed by atoms with Crippen LogP contribution in [0.1, 0.15) is 12.0 Å². The number of esters is 1. The van der Waals surface area contributed by atoms with E-state index in [1.54, 1.807) is 4.57 Å². The summed E-state index contributed by atoms with van der Waals surface area (Å²) in [6.45, 7) is 0.247. The molecule has 4 nitrogen and oxygen atoms in total. The summed E-state index contributed by atoms with van der Waals surface area (Å²) in [7, 11) is 1.27. The van der Waals surface area contributed by atoms with Gasteiger partial charge in [-0.15, -0.1) is 0 Å². The molecule has 0 fully saturated rings. The quantitative estimate of drug-likeness (QED) is 0.699. The van der Waals surface area contributed by atoms with E-state index in [2.05, 4.69) is 9.72 Å². The second-order valence-corrected chi connectivity index (χ2v) is 4.52. The molecule has 1 N–H and O–H groups in total. The Bertz CT molecular complexity index is 703. The number of methoxy groups -OCH3 is 1. The Hall–Kier alpha value is -1.83. The molecule has 2 aromatic rings. The molecule has 20 heavy (non-hydrogen) atoms. The lowest BCUT2D eigenvalue weighted by Gasteiger charge is -2.07. The summed E-state index contributed by atoms with van der Waals surface area (Å²) >= 11 is 5.05. The number of H-pyrrole nitrogens is 1. The van der Waals surface area contributed by atoms with Gasteiger partial charge < -0.3 is 14.3 Å². The maximum absolute atomic E-state index is 12.6. The number of imidazole rings is 1. The second-order valence-electron chi connectivity index (χ2n) is 4.14. The molecule has 0 aliphatic heterocycles. The molecule has 1 aromatic carbocycles. The van der Waals surface area contributed by atoms with Crippen LogP contribution in [0.2, 0.25) is 0 Å². The largest absolute Gasteiger partial charge is 0.469 e. The Morgan fingerprint density at radius 2 is 2.15 bits per heavy atom. The highest BCUT2D eigenvalue weighted by atomic mass is 32.1. The van der Waals surface area contributed by atoms with E-state index in [0.717, 1.165) is 12.1 Å². The summed E-state index contributed by atoms with van der Waals surface area (Å²) in [4.78, 5) is 13.8. The third-order valence-electron chi connectivity index (χ3n) is 2.87. The molecule has 2 rings (SSSR count). The number of fused-ring (bicyclic) bond motifs is 1. The van der Waals surface area contributed by atoms with Gasteiger partial charge in [-0.2, -0.15) is 13.2 Å². The molecule has 1 heterocycles. The van der Waals surface area contributed by atoms with Crippen LogP contribution in [0, 0.1) is 4.77 Å². The van der Waals surface area contributed by atoms with Gasteiger partial charge >= 0.3 is 12.1 Å². The first-order valence-electron chi connectivity index (χ1n) is 5.69. The van der Waals surface area contributed by atoms with Crippen molar-refractivity contribution in [2.24, 2.45) is 0 Å². The number of hydrogen-bond acceptors (Lipinski definition) is 3. The topological polar surface area (TPSA) is 47.0 Å². The highest BCUT2D eigenvalue weighted by molar-refractivity contribution is 7.71. The van der Waals surface area contributed by atoms with Crippen LogP contribution >= 0.6 is 12.2 Å². The van der Waals surface area contributed by atoms with Crippen molar-refractivity contribution >= 4 is 29.2 Å². The Balaban J connectivity index is 2.40. The normalized spacial score (nSPS) is 11.8. The van der Waals surface area contributed by atoms with Crippen molar-refractivity contribution < 1.29 is 22.7 Å². The number of aryl methyl sites for hydroxylation is 1. The summed E-state index contributed by atoms with van der Waals surface area (Å²) in [6, 6.07) is 3.32. The predicted molar refractivity (Wildman–Crippen MR) is 68.8 cm³/mol. The summed E-state index contributed by atoms with van der Waals surface area (Å²) in [5.74, 6) is -0.409. The molecule has 0 aliphatic rings. The zero-order chi connectivity index (χ0) is 14.9. The fourth-order valence-corrected chi connectivity index (χ4v) is 2.17. The number of aromatic amines is 1. The lowest BCUT2D eigenvalue weighted by Crippen LogP contribution is -2.07. The average molecular weight is 304 g/mol. The van der Waals surface area contributed by atoms with Crippen LogP contribution < -0.4 is 0 Å². The predicted octanol–water partition coefficient (Wildman–Crippen LogP) is 3.28. The van der Waals surface area contributed by atoms with Crippen LogP contribution in [-0.4, -0.2) is 22.6 Å². The van der Waals surface area contributed by atoms with Gasteiger partial charge in [0.2, 0.25) is 0 Å². The van der Waals surface area contributed by atoms with Crippen LogP contribution in [-0.2, 0) is 22.3 Å². The van der Waals surface area contributed by atoms with Gasteiger partial charge in [0.05, 0.1) is 30.1 Å². The van der Waals surface area contributed by atoms with Gasteiger partial charge in [0.1, 0.15) is 0 Å². The number of nitrogens with zero attached hydrogens (tertiary/aromatic N) is 1. The minimum Gasteiger partial charge on any atom is -0.469 e. The van der Waals surface area contributed by atoms with E-state index in [9.17, 15) is 18.0 Å². The van der Waals surface area contributed by atoms with E-state index < -0.39 is 17.7 Å². The van der Waals surface area contributed by atoms with Crippen LogP contribution in [0.25, 0.3) is 11.0 Å². The zero-order valence-electron chi connectivity index (χ0n) is 10.5. The van der Waals surface area contributed by atoms with E-state index in [0.29, 0.717) is 5.52 Å². The number of halogens is 3.